The topological polar surface area (TPSA) is 30.7 Å². The van der Waals surface area contributed by atoms with Crippen molar-refractivity contribution in [2.45, 2.75) is 12.8 Å². The van der Waals surface area contributed by atoms with Crippen LogP contribution in [0.3, 0.4) is 0 Å². The highest BCUT2D eigenvalue weighted by molar-refractivity contribution is 6.13. The minimum absolute atomic E-state index is 1.02. The molecule has 41 heavy (non-hydrogen) atoms. The molecule has 1 aliphatic carbocycles. The third-order valence-corrected chi connectivity index (χ3v) is 8.72. The molecule has 3 heteroatoms. The lowest BCUT2D eigenvalue weighted by atomic mass is 9.89. The van der Waals surface area contributed by atoms with Gasteiger partial charge >= 0.3 is 0 Å². The standard InChI is InChI=1S/C38H25N3/c1-2-12-32-28(9-1)29-10-3-5-13-34(29)40-38(32)26-18-20-31-30-11-4-6-14-35(30)41(36(31)22-26)27-19-17-24-15-16-25-8-7-21-39-37(25)33(24)23-27/h1-14,17-23H,15-16H2. The van der Waals surface area contributed by atoms with Crippen molar-refractivity contribution < 1.29 is 0 Å². The lowest BCUT2D eigenvalue weighted by molar-refractivity contribution is 0.925. The highest BCUT2D eigenvalue weighted by Crippen LogP contribution is 2.39. The van der Waals surface area contributed by atoms with Gasteiger partial charge in [0, 0.05) is 44.6 Å². The minimum atomic E-state index is 1.02. The summed E-state index contributed by atoms with van der Waals surface area (Å²) in [5.41, 5.74) is 11.7. The summed E-state index contributed by atoms with van der Waals surface area (Å²) in [4.78, 5) is 10.00. The molecule has 5 aromatic carbocycles. The Morgan fingerprint density at radius 3 is 2.20 bits per heavy atom. The summed E-state index contributed by atoms with van der Waals surface area (Å²) < 4.78 is 2.41. The summed E-state index contributed by atoms with van der Waals surface area (Å²) >= 11 is 0. The first-order valence-electron chi connectivity index (χ1n) is 14.2. The maximum absolute atomic E-state index is 5.20. The lowest BCUT2D eigenvalue weighted by Gasteiger charge is -2.20. The second-order valence-corrected chi connectivity index (χ2v) is 11.0. The van der Waals surface area contributed by atoms with Gasteiger partial charge in [-0.25, -0.2) is 4.98 Å². The van der Waals surface area contributed by atoms with E-state index >= 15 is 0 Å². The highest BCUT2D eigenvalue weighted by atomic mass is 15.0. The average molecular weight is 524 g/mol. The second kappa shape index (κ2) is 8.61. The molecule has 3 aromatic heterocycles. The maximum atomic E-state index is 5.20. The Kier molecular flexibility index (Phi) is 4.73. The molecular weight excluding hydrogens is 498 g/mol. The first kappa shape index (κ1) is 22.5. The molecule has 0 N–H and O–H groups in total. The van der Waals surface area contributed by atoms with Crippen molar-refractivity contribution in [1.82, 2.24) is 14.5 Å². The van der Waals surface area contributed by atoms with E-state index in [1.54, 1.807) is 0 Å². The predicted octanol–water partition coefficient (Wildman–Crippen LogP) is 9.31. The van der Waals surface area contributed by atoms with E-state index in [4.69, 9.17) is 9.97 Å². The minimum Gasteiger partial charge on any atom is -0.309 e. The Morgan fingerprint density at radius 2 is 1.27 bits per heavy atom. The van der Waals surface area contributed by atoms with Gasteiger partial charge in [0.15, 0.2) is 0 Å². The lowest BCUT2D eigenvalue weighted by Crippen LogP contribution is -2.06. The number of rotatable bonds is 2. The van der Waals surface area contributed by atoms with Crippen LogP contribution in [0.1, 0.15) is 11.1 Å². The van der Waals surface area contributed by atoms with Crippen LogP contribution in [0.4, 0.5) is 0 Å². The average Bonchev–Trinajstić information content (AvgIpc) is 3.37. The van der Waals surface area contributed by atoms with Crippen LogP contribution in [0.2, 0.25) is 0 Å². The SMILES string of the molecule is c1cnc2c(c1)CCc1ccc(-n3c4ccccc4c4ccc(-c5nc6ccccc6c6ccccc56)cc43)cc1-2. The number of aromatic nitrogens is 3. The van der Waals surface area contributed by atoms with Gasteiger partial charge in [0.2, 0.25) is 0 Å². The largest absolute Gasteiger partial charge is 0.309 e. The molecule has 0 radical (unpaired) electrons. The van der Waals surface area contributed by atoms with E-state index in [9.17, 15) is 0 Å². The van der Waals surface area contributed by atoms with Crippen LogP contribution < -0.4 is 0 Å². The third kappa shape index (κ3) is 3.33. The number of pyridine rings is 2. The first-order valence-corrected chi connectivity index (χ1v) is 14.2. The van der Waals surface area contributed by atoms with E-state index in [0.717, 1.165) is 41.0 Å². The molecule has 0 bridgehead atoms. The molecule has 0 aliphatic heterocycles. The van der Waals surface area contributed by atoms with Gasteiger partial charge in [-0.05, 0) is 65.8 Å². The van der Waals surface area contributed by atoms with Gasteiger partial charge in [0.25, 0.3) is 0 Å². The van der Waals surface area contributed by atoms with Crippen molar-refractivity contribution in [2.75, 3.05) is 0 Å². The fourth-order valence-electron chi connectivity index (χ4n) is 6.81. The van der Waals surface area contributed by atoms with Crippen molar-refractivity contribution in [2.24, 2.45) is 0 Å². The predicted molar refractivity (Wildman–Crippen MR) is 170 cm³/mol. The molecule has 8 aromatic rings. The van der Waals surface area contributed by atoms with Crippen molar-refractivity contribution in [3.05, 3.63) is 139 Å². The van der Waals surface area contributed by atoms with Crippen LogP contribution in [0.25, 0.3) is 71.7 Å². The Hall–Kier alpha value is -5.28. The summed E-state index contributed by atoms with van der Waals surface area (Å²) in [6, 6.07) is 43.8. The van der Waals surface area contributed by atoms with Gasteiger partial charge in [-0.2, -0.15) is 0 Å². The van der Waals surface area contributed by atoms with Gasteiger partial charge in [0.1, 0.15) is 0 Å². The number of benzene rings is 5. The van der Waals surface area contributed by atoms with Crippen LogP contribution in [0, 0.1) is 0 Å². The van der Waals surface area contributed by atoms with Gasteiger partial charge < -0.3 is 4.57 Å². The number of hydrogen-bond acceptors (Lipinski definition) is 2. The summed E-state index contributed by atoms with van der Waals surface area (Å²) in [6.45, 7) is 0. The monoisotopic (exact) mass is 523 g/mol. The number of para-hydroxylation sites is 2. The van der Waals surface area contributed by atoms with Crippen molar-refractivity contribution >= 4 is 43.5 Å². The number of hydrogen-bond donors (Lipinski definition) is 0. The fourth-order valence-corrected chi connectivity index (χ4v) is 6.81. The zero-order chi connectivity index (χ0) is 26.9. The first-order chi connectivity index (χ1) is 20.3. The summed E-state index contributed by atoms with van der Waals surface area (Å²) in [6.07, 6.45) is 4.00. The molecule has 0 saturated heterocycles. The molecule has 0 saturated carbocycles. The molecule has 0 unspecified atom stereocenters. The van der Waals surface area contributed by atoms with Crippen molar-refractivity contribution in [3.63, 3.8) is 0 Å². The van der Waals surface area contributed by atoms with Crippen LogP contribution in [0.15, 0.2) is 128 Å². The quantitative estimate of drug-likeness (QED) is 0.211. The van der Waals surface area contributed by atoms with Crippen LogP contribution in [0.5, 0.6) is 0 Å². The van der Waals surface area contributed by atoms with E-state index in [2.05, 4.69) is 120 Å². The van der Waals surface area contributed by atoms with E-state index < -0.39 is 0 Å². The van der Waals surface area contributed by atoms with Crippen molar-refractivity contribution in [1.29, 1.82) is 0 Å². The zero-order valence-electron chi connectivity index (χ0n) is 22.4. The second-order valence-electron chi connectivity index (χ2n) is 11.0. The molecule has 0 atom stereocenters. The molecule has 0 amide bonds. The molecule has 3 heterocycles. The maximum Gasteiger partial charge on any atom is 0.0788 e. The zero-order valence-corrected chi connectivity index (χ0v) is 22.4. The summed E-state index contributed by atoms with van der Waals surface area (Å²) in [5.74, 6) is 0. The normalized spacial score (nSPS) is 12.7. The number of nitrogens with zero attached hydrogens (tertiary/aromatic N) is 3. The molecule has 0 fully saturated rings. The molecule has 192 valence electrons. The van der Waals surface area contributed by atoms with Crippen molar-refractivity contribution in [3.8, 4) is 28.2 Å². The fraction of sp³-hybridized carbons (Fsp3) is 0.0526. The molecule has 1 aliphatic rings. The Labute approximate surface area is 237 Å². The van der Waals surface area contributed by atoms with E-state index in [0.29, 0.717) is 0 Å². The summed E-state index contributed by atoms with van der Waals surface area (Å²) in [7, 11) is 0. The summed E-state index contributed by atoms with van der Waals surface area (Å²) in [5, 5.41) is 6.08. The Balaban J connectivity index is 1.33. The smallest absolute Gasteiger partial charge is 0.0788 e. The van der Waals surface area contributed by atoms with Gasteiger partial charge in [0.05, 0.1) is 27.9 Å². The molecule has 9 rings (SSSR count). The Bertz CT molecular complexity index is 2330. The molecular formula is C38H25N3. The van der Waals surface area contributed by atoms with E-state index in [1.807, 2.05) is 12.3 Å². The van der Waals surface area contributed by atoms with Gasteiger partial charge in [-0.1, -0.05) is 84.9 Å². The van der Waals surface area contributed by atoms with E-state index in [-0.39, 0.29) is 0 Å². The van der Waals surface area contributed by atoms with E-state index in [1.165, 1.54) is 54.7 Å². The van der Waals surface area contributed by atoms with Crippen LogP contribution in [-0.4, -0.2) is 14.5 Å². The molecule has 3 nitrogen and oxygen atoms in total. The third-order valence-electron chi connectivity index (χ3n) is 8.72. The Morgan fingerprint density at radius 1 is 0.512 bits per heavy atom. The highest BCUT2D eigenvalue weighted by Gasteiger charge is 2.20. The number of fused-ring (bicyclic) bond motifs is 9. The van der Waals surface area contributed by atoms with Gasteiger partial charge in [-0.3, -0.25) is 4.98 Å². The van der Waals surface area contributed by atoms with Crippen LogP contribution >= 0.6 is 0 Å². The molecule has 0 spiro atoms. The number of aryl methyl sites for hydroxylation is 2. The van der Waals surface area contributed by atoms with Crippen LogP contribution in [-0.2, 0) is 12.8 Å². The van der Waals surface area contributed by atoms with Gasteiger partial charge in [-0.15, -0.1) is 0 Å².